The maximum Gasteiger partial charge on any atom is 0.288 e. The molecule has 3 rings (SSSR count). The minimum atomic E-state index is -3.71. The normalized spacial score (nSPS) is 21.3. The molecule has 1 aliphatic heterocycles. The van der Waals surface area contributed by atoms with Crippen molar-refractivity contribution in [3.05, 3.63) is 50.7 Å². The van der Waals surface area contributed by atoms with Crippen LogP contribution in [0.3, 0.4) is 0 Å². The zero-order chi connectivity index (χ0) is 18.2. The van der Waals surface area contributed by atoms with Crippen LogP contribution in [-0.4, -0.2) is 38.8 Å². The van der Waals surface area contributed by atoms with Gasteiger partial charge >= 0.3 is 0 Å². The first kappa shape index (κ1) is 17.8. The van der Waals surface area contributed by atoms with Crippen LogP contribution in [0.15, 0.2) is 39.9 Å². The molecule has 1 fully saturated rings. The summed E-state index contributed by atoms with van der Waals surface area (Å²) < 4.78 is 29.9. The molecule has 0 spiro atoms. The van der Waals surface area contributed by atoms with Crippen molar-refractivity contribution in [2.75, 3.05) is 24.2 Å². The molecule has 2 atom stereocenters. The molecule has 0 saturated carbocycles. The number of sulfone groups is 1. The monoisotopic (exact) mass is 382 g/mol. The Kier molecular flexibility index (Phi) is 4.81. The Morgan fingerprint density at radius 2 is 2.08 bits per heavy atom. The molecule has 2 unspecified atom stereocenters. The number of morpholine rings is 1. The summed E-state index contributed by atoms with van der Waals surface area (Å²) in [4.78, 5) is 12.2. The number of benzene rings is 1. The molecular weight excluding hydrogens is 364 g/mol. The van der Waals surface area contributed by atoms with Crippen molar-refractivity contribution in [1.82, 2.24) is 0 Å². The molecule has 1 aromatic carbocycles. The highest BCUT2D eigenvalue weighted by atomic mass is 32.2. The van der Waals surface area contributed by atoms with Gasteiger partial charge in [0.1, 0.15) is 11.0 Å². The second kappa shape index (κ2) is 6.74. The Morgan fingerprint density at radius 1 is 1.32 bits per heavy atom. The van der Waals surface area contributed by atoms with E-state index in [0.29, 0.717) is 18.8 Å². The molecule has 0 radical (unpaired) electrons. The fourth-order valence-electron chi connectivity index (χ4n) is 2.95. The Bertz CT molecular complexity index is 880. The summed E-state index contributed by atoms with van der Waals surface area (Å²) in [5.74, 6) is 0. The van der Waals surface area contributed by atoms with E-state index in [0.717, 1.165) is 11.8 Å². The van der Waals surface area contributed by atoms with Gasteiger partial charge in [-0.2, -0.15) is 11.3 Å². The maximum atomic E-state index is 12.0. The van der Waals surface area contributed by atoms with Gasteiger partial charge < -0.3 is 9.64 Å². The molecule has 2 heterocycles. The number of hydrogen-bond acceptors (Lipinski definition) is 7. The third kappa shape index (κ3) is 3.83. The third-order valence-electron chi connectivity index (χ3n) is 4.08. The number of anilines is 1. The Morgan fingerprint density at radius 3 is 2.68 bits per heavy atom. The predicted octanol–water partition coefficient (Wildman–Crippen LogP) is 3.03. The number of thiophene rings is 1. The van der Waals surface area contributed by atoms with E-state index in [4.69, 9.17) is 4.74 Å². The standard InChI is InChI=1S/C16H18N2O5S2/c1-11-8-17(9-15(23-11)12-5-6-24-10-12)13-3-4-14(18(19)20)16(7-13)25(2,21)22/h3-7,10-11,15H,8-9H2,1-2H3. The van der Waals surface area contributed by atoms with Crippen LogP contribution in [0.25, 0.3) is 0 Å². The first-order valence-electron chi connectivity index (χ1n) is 7.66. The van der Waals surface area contributed by atoms with Crippen molar-refractivity contribution >= 4 is 32.5 Å². The quantitative estimate of drug-likeness (QED) is 0.596. The van der Waals surface area contributed by atoms with Crippen LogP contribution in [0.2, 0.25) is 0 Å². The molecular formula is C16H18N2O5S2. The van der Waals surface area contributed by atoms with Crippen LogP contribution in [0.1, 0.15) is 18.6 Å². The SMILES string of the molecule is CC1CN(c2ccc([N+](=O)[O-])c(S(C)(=O)=O)c2)CC(c2ccsc2)O1. The van der Waals surface area contributed by atoms with Crippen LogP contribution >= 0.6 is 11.3 Å². The lowest BCUT2D eigenvalue weighted by atomic mass is 10.1. The number of rotatable bonds is 4. The summed E-state index contributed by atoms with van der Waals surface area (Å²) in [5.41, 5.74) is 1.31. The van der Waals surface area contributed by atoms with E-state index in [1.807, 2.05) is 28.7 Å². The van der Waals surface area contributed by atoms with Gasteiger partial charge in [-0.05, 0) is 41.4 Å². The van der Waals surface area contributed by atoms with E-state index in [9.17, 15) is 18.5 Å². The van der Waals surface area contributed by atoms with Gasteiger partial charge in [0, 0.05) is 31.1 Å². The van der Waals surface area contributed by atoms with E-state index in [1.54, 1.807) is 17.4 Å². The van der Waals surface area contributed by atoms with Gasteiger partial charge in [-0.3, -0.25) is 10.1 Å². The first-order chi connectivity index (χ1) is 11.8. The molecule has 1 aromatic heterocycles. The summed E-state index contributed by atoms with van der Waals surface area (Å²) in [6.07, 6.45) is 0.817. The van der Waals surface area contributed by atoms with Gasteiger partial charge in [-0.25, -0.2) is 8.42 Å². The highest BCUT2D eigenvalue weighted by Gasteiger charge is 2.29. The van der Waals surface area contributed by atoms with E-state index in [1.165, 1.54) is 12.1 Å². The van der Waals surface area contributed by atoms with E-state index < -0.39 is 20.4 Å². The summed E-state index contributed by atoms with van der Waals surface area (Å²) in [6.45, 7) is 3.10. The summed E-state index contributed by atoms with van der Waals surface area (Å²) in [7, 11) is -3.71. The van der Waals surface area contributed by atoms with Crippen molar-refractivity contribution in [2.24, 2.45) is 0 Å². The van der Waals surface area contributed by atoms with Gasteiger partial charge in [0.05, 0.1) is 11.0 Å². The number of nitro benzene ring substituents is 1. The van der Waals surface area contributed by atoms with E-state index in [-0.39, 0.29) is 17.1 Å². The minimum absolute atomic E-state index is 0.0458. The van der Waals surface area contributed by atoms with Crippen LogP contribution in [0, 0.1) is 10.1 Å². The van der Waals surface area contributed by atoms with Crippen LogP contribution in [0.4, 0.5) is 11.4 Å². The van der Waals surface area contributed by atoms with E-state index in [2.05, 4.69) is 0 Å². The zero-order valence-corrected chi connectivity index (χ0v) is 15.4. The number of ether oxygens (including phenoxy) is 1. The van der Waals surface area contributed by atoms with Crippen molar-refractivity contribution < 1.29 is 18.1 Å². The average molecular weight is 382 g/mol. The Hall–Kier alpha value is -1.97. The highest BCUT2D eigenvalue weighted by molar-refractivity contribution is 7.90. The van der Waals surface area contributed by atoms with Crippen molar-refractivity contribution in [2.45, 2.75) is 24.0 Å². The molecule has 2 aromatic rings. The molecule has 7 nitrogen and oxygen atoms in total. The maximum absolute atomic E-state index is 12.0. The fraction of sp³-hybridized carbons (Fsp3) is 0.375. The molecule has 0 N–H and O–H groups in total. The molecule has 1 aliphatic rings. The number of nitrogens with zero attached hydrogens (tertiary/aromatic N) is 2. The van der Waals surface area contributed by atoms with Crippen molar-refractivity contribution in [3.8, 4) is 0 Å². The van der Waals surface area contributed by atoms with Crippen LogP contribution < -0.4 is 4.90 Å². The lowest BCUT2D eigenvalue weighted by molar-refractivity contribution is -0.387. The van der Waals surface area contributed by atoms with Gasteiger partial charge in [-0.15, -0.1) is 0 Å². The number of hydrogen-bond donors (Lipinski definition) is 0. The molecule has 0 amide bonds. The fourth-order valence-corrected chi connectivity index (χ4v) is 4.51. The second-order valence-electron chi connectivity index (χ2n) is 6.08. The van der Waals surface area contributed by atoms with Crippen LogP contribution in [-0.2, 0) is 14.6 Å². The summed E-state index contributed by atoms with van der Waals surface area (Å²) in [6, 6.07) is 6.24. The zero-order valence-electron chi connectivity index (χ0n) is 13.8. The van der Waals surface area contributed by atoms with Crippen LogP contribution in [0.5, 0.6) is 0 Å². The summed E-state index contributed by atoms with van der Waals surface area (Å²) in [5, 5.41) is 15.1. The van der Waals surface area contributed by atoms with Crippen molar-refractivity contribution in [3.63, 3.8) is 0 Å². The first-order valence-corrected chi connectivity index (χ1v) is 10.5. The smallest absolute Gasteiger partial charge is 0.288 e. The molecule has 25 heavy (non-hydrogen) atoms. The largest absolute Gasteiger partial charge is 0.367 e. The molecule has 9 heteroatoms. The van der Waals surface area contributed by atoms with Gasteiger partial charge in [0.2, 0.25) is 0 Å². The van der Waals surface area contributed by atoms with Gasteiger partial charge in [0.15, 0.2) is 9.84 Å². The van der Waals surface area contributed by atoms with Gasteiger partial charge in [0.25, 0.3) is 5.69 Å². The second-order valence-corrected chi connectivity index (χ2v) is 8.84. The van der Waals surface area contributed by atoms with E-state index >= 15 is 0 Å². The molecule has 0 aliphatic carbocycles. The topological polar surface area (TPSA) is 89.8 Å². The lowest BCUT2D eigenvalue weighted by Crippen LogP contribution is -2.42. The molecule has 0 bridgehead atoms. The summed E-state index contributed by atoms with van der Waals surface area (Å²) >= 11 is 1.59. The lowest BCUT2D eigenvalue weighted by Gasteiger charge is -2.38. The van der Waals surface area contributed by atoms with Crippen molar-refractivity contribution in [1.29, 1.82) is 0 Å². The highest BCUT2D eigenvalue weighted by Crippen LogP contribution is 2.33. The Balaban J connectivity index is 1.96. The molecule has 1 saturated heterocycles. The number of nitro groups is 1. The predicted molar refractivity (Wildman–Crippen MR) is 96.0 cm³/mol. The van der Waals surface area contributed by atoms with Gasteiger partial charge in [-0.1, -0.05) is 0 Å². The average Bonchev–Trinajstić information content (AvgIpc) is 3.07. The third-order valence-corrected chi connectivity index (χ3v) is 5.91. The Labute approximate surface area is 149 Å². The minimum Gasteiger partial charge on any atom is -0.367 e. The molecule has 134 valence electrons.